The molecule has 0 unspecified atom stereocenters. The van der Waals surface area contributed by atoms with Gasteiger partial charge in [-0.2, -0.15) is 0 Å². The normalized spacial score (nSPS) is 10.8. The Balaban J connectivity index is 0.00000441. The van der Waals surface area contributed by atoms with Crippen LogP contribution in [0.1, 0.15) is 25.8 Å². The molecule has 0 bridgehead atoms. The van der Waals surface area contributed by atoms with Crippen molar-refractivity contribution in [1.29, 1.82) is 0 Å². The number of nitrogens with two attached hydrogens (primary N) is 1. The fourth-order valence-corrected chi connectivity index (χ4v) is 2.10. The van der Waals surface area contributed by atoms with Gasteiger partial charge in [0.2, 0.25) is 5.91 Å². The van der Waals surface area contributed by atoms with Crippen LogP contribution in [0.3, 0.4) is 0 Å². The number of halogens is 2. The molecule has 126 valence electrons. The van der Waals surface area contributed by atoms with Crippen molar-refractivity contribution in [2.24, 2.45) is 11.1 Å². The van der Waals surface area contributed by atoms with E-state index in [4.69, 9.17) is 10.5 Å². The van der Waals surface area contributed by atoms with Crippen LogP contribution < -0.4 is 10.5 Å². The topological polar surface area (TPSA) is 55.6 Å². The van der Waals surface area contributed by atoms with E-state index in [1.165, 1.54) is 13.2 Å². The van der Waals surface area contributed by atoms with Gasteiger partial charge < -0.3 is 15.4 Å². The lowest BCUT2D eigenvalue weighted by atomic mass is 9.93. The SMILES string of the molecule is COc1ccc(CCC(=O)N(C)CC(C)(C)CN)cc1F.Cl. The lowest BCUT2D eigenvalue weighted by molar-refractivity contribution is -0.131. The van der Waals surface area contributed by atoms with Gasteiger partial charge in [0, 0.05) is 20.0 Å². The van der Waals surface area contributed by atoms with E-state index in [1.807, 2.05) is 13.8 Å². The predicted octanol–water partition coefficient (Wildman–Crippen LogP) is 2.63. The minimum Gasteiger partial charge on any atom is -0.494 e. The van der Waals surface area contributed by atoms with Crippen LogP contribution in [0.5, 0.6) is 5.75 Å². The van der Waals surface area contributed by atoms with E-state index in [0.29, 0.717) is 25.9 Å². The molecule has 1 amide bonds. The lowest BCUT2D eigenvalue weighted by Gasteiger charge is -2.29. The molecular formula is C16H26ClFN2O2. The summed E-state index contributed by atoms with van der Waals surface area (Å²) in [7, 11) is 3.20. The number of hydrogen-bond acceptors (Lipinski definition) is 3. The molecule has 0 aliphatic heterocycles. The minimum absolute atomic E-state index is 0. The zero-order chi connectivity index (χ0) is 16.0. The number of methoxy groups -OCH3 is 1. The van der Waals surface area contributed by atoms with Gasteiger partial charge >= 0.3 is 0 Å². The predicted molar refractivity (Wildman–Crippen MR) is 89.0 cm³/mol. The molecule has 0 saturated carbocycles. The smallest absolute Gasteiger partial charge is 0.222 e. The molecule has 0 heterocycles. The number of benzene rings is 1. The van der Waals surface area contributed by atoms with Crippen molar-refractivity contribution in [1.82, 2.24) is 4.90 Å². The van der Waals surface area contributed by atoms with Crippen LogP contribution in [0.2, 0.25) is 0 Å². The van der Waals surface area contributed by atoms with Gasteiger partial charge in [0.25, 0.3) is 0 Å². The second kappa shape index (κ2) is 8.96. The Morgan fingerprint density at radius 3 is 2.55 bits per heavy atom. The van der Waals surface area contributed by atoms with Crippen LogP contribution >= 0.6 is 12.4 Å². The monoisotopic (exact) mass is 332 g/mol. The lowest BCUT2D eigenvalue weighted by Crippen LogP contribution is -2.39. The van der Waals surface area contributed by atoms with Gasteiger partial charge in [-0.25, -0.2) is 4.39 Å². The van der Waals surface area contributed by atoms with E-state index < -0.39 is 5.82 Å². The zero-order valence-corrected chi connectivity index (χ0v) is 14.5. The summed E-state index contributed by atoms with van der Waals surface area (Å²) in [4.78, 5) is 13.8. The van der Waals surface area contributed by atoms with Crippen LogP contribution in [-0.2, 0) is 11.2 Å². The molecule has 1 rings (SSSR count). The minimum atomic E-state index is -0.403. The van der Waals surface area contributed by atoms with Crippen LogP contribution in [0.4, 0.5) is 4.39 Å². The molecule has 6 heteroatoms. The molecule has 0 fully saturated rings. The largest absolute Gasteiger partial charge is 0.494 e. The summed E-state index contributed by atoms with van der Waals surface area (Å²) in [6.45, 7) is 5.18. The number of carbonyl (C=O) groups excluding carboxylic acids is 1. The highest BCUT2D eigenvalue weighted by Gasteiger charge is 2.20. The third-order valence-corrected chi connectivity index (χ3v) is 3.49. The van der Waals surface area contributed by atoms with E-state index >= 15 is 0 Å². The molecule has 4 nitrogen and oxygen atoms in total. The zero-order valence-electron chi connectivity index (χ0n) is 13.7. The maximum Gasteiger partial charge on any atom is 0.222 e. The number of nitrogens with zero attached hydrogens (tertiary/aromatic N) is 1. The first-order chi connectivity index (χ1) is 9.79. The number of aryl methyl sites for hydroxylation is 1. The quantitative estimate of drug-likeness (QED) is 0.835. The Bertz CT molecular complexity index is 495. The second-order valence-electron chi connectivity index (χ2n) is 6.09. The maximum absolute atomic E-state index is 13.6. The molecule has 0 atom stereocenters. The first-order valence-corrected chi connectivity index (χ1v) is 7.05. The molecule has 0 aromatic heterocycles. The number of hydrogen-bond donors (Lipinski definition) is 1. The van der Waals surface area contributed by atoms with Crippen LogP contribution in [0.15, 0.2) is 18.2 Å². The number of ether oxygens (including phenoxy) is 1. The summed E-state index contributed by atoms with van der Waals surface area (Å²) < 4.78 is 18.4. The number of carbonyl (C=O) groups is 1. The summed E-state index contributed by atoms with van der Waals surface area (Å²) in [5.74, 6) is -0.153. The molecule has 0 spiro atoms. The Labute approximate surface area is 138 Å². The van der Waals surface area contributed by atoms with E-state index in [9.17, 15) is 9.18 Å². The summed E-state index contributed by atoms with van der Waals surface area (Å²) in [5, 5.41) is 0. The first kappa shape index (κ1) is 20.7. The van der Waals surface area contributed by atoms with Crippen molar-refractivity contribution >= 4 is 18.3 Å². The van der Waals surface area contributed by atoms with Crippen molar-refractivity contribution in [3.05, 3.63) is 29.6 Å². The second-order valence-corrected chi connectivity index (χ2v) is 6.09. The van der Waals surface area contributed by atoms with E-state index in [-0.39, 0.29) is 29.5 Å². The van der Waals surface area contributed by atoms with Crippen LogP contribution in [0, 0.1) is 11.2 Å². The highest BCUT2D eigenvalue weighted by atomic mass is 35.5. The maximum atomic E-state index is 13.6. The standard InChI is InChI=1S/C16H25FN2O2.ClH/c1-16(2,10-18)11-19(3)15(20)8-6-12-5-7-14(21-4)13(17)9-12;/h5,7,9H,6,8,10-11,18H2,1-4H3;1H. The molecular weight excluding hydrogens is 307 g/mol. The molecule has 0 aliphatic carbocycles. The highest BCUT2D eigenvalue weighted by Crippen LogP contribution is 2.19. The Morgan fingerprint density at radius 1 is 1.41 bits per heavy atom. The third-order valence-electron chi connectivity index (χ3n) is 3.49. The van der Waals surface area contributed by atoms with Gasteiger partial charge in [-0.15, -0.1) is 12.4 Å². The summed E-state index contributed by atoms with van der Waals surface area (Å²) in [5.41, 5.74) is 6.36. The number of amides is 1. The van der Waals surface area contributed by atoms with Crippen molar-refractivity contribution in [3.63, 3.8) is 0 Å². The van der Waals surface area contributed by atoms with E-state index in [0.717, 1.165) is 5.56 Å². The first-order valence-electron chi connectivity index (χ1n) is 7.05. The summed E-state index contributed by atoms with van der Waals surface area (Å²) in [6, 6.07) is 4.77. The average molecular weight is 333 g/mol. The molecule has 0 aliphatic rings. The fraction of sp³-hybridized carbons (Fsp3) is 0.562. The van der Waals surface area contributed by atoms with Gasteiger partial charge in [0.1, 0.15) is 0 Å². The molecule has 0 radical (unpaired) electrons. The van der Waals surface area contributed by atoms with Crippen LogP contribution in [0.25, 0.3) is 0 Å². The van der Waals surface area contributed by atoms with Crippen molar-refractivity contribution in [3.8, 4) is 5.75 Å². The fourth-order valence-electron chi connectivity index (χ4n) is 2.10. The van der Waals surface area contributed by atoms with Crippen LogP contribution in [-0.4, -0.2) is 38.1 Å². The van der Waals surface area contributed by atoms with Crippen molar-refractivity contribution in [2.45, 2.75) is 26.7 Å². The van der Waals surface area contributed by atoms with Gasteiger partial charge in [-0.3, -0.25) is 4.79 Å². The van der Waals surface area contributed by atoms with Crippen molar-refractivity contribution < 1.29 is 13.9 Å². The van der Waals surface area contributed by atoms with E-state index in [1.54, 1.807) is 24.1 Å². The highest BCUT2D eigenvalue weighted by molar-refractivity contribution is 5.85. The summed E-state index contributed by atoms with van der Waals surface area (Å²) >= 11 is 0. The Kier molecular flexibility index (Phi) is 8.41. The molecule has 22 heavy (non-hydrogen) atoms. The van der Waals surface area contributed by atoms with Gasteiger partial charge in [0.05, 0.1) is 7.11 Å². The third kappa shape index (κ3) is 6.20. The molecule has 2 N–H and O–H groups in total. The van der Waals surface area contributed by atoms with Gasteiger partial charge in [-0.05, 0) is 36.1 Å². The molecule has 0 saturated heterocycles. The Morgan fingerprint density at radius 2 is 2.05 bits per heavy atom. The van der Waals surface area contributed by atoms with Gasteiger partial charge in [0.15, 0.2) is 11.6 Å². The average Bonchev–Trinajstić information content (AvgIpc) is 2.44. The molecule has 1 aromatic rings. The number of rotatable bonds is 7. The summed E-state index contributed by atoms with van der Waals surface area (Å²) in [6.07, 6.45) is 0.857. The van der Waals surface area contributed by atoms with Gasteiger partial charge in [-0.1, -0.05) is 19.9 Å². The molecule has 1 aromatic carbocycles. The van der Waals surface area contributed by atoms with E-state index in [2.05, 4.69) is 0 Å². The van der Waals surface area contributed by atoms with Crippen molar-refractivity contribution in [2.75, 3.05) is 27.2 Å². The Hall–Kier alpha value is -1.33.